The minimum Gasteiger partial charge on any atom is -0.352 e. The number of benzene rings is 3. The van der Waals surface area contributed by atoms with Crippen LogP contribution in [0.1, 0.15) is 42.5 Å². The van der Waals surface area contributed by atoms with Crippen LogP contribution in [-0.2, 0) is 29.0 Å². The van der Waals surface area contributed by atoms with E-state index in [9.17, 15) is 9.59 Å². The molecule has 0 aromatic heterocycles. The predicted octanol–water partition coefficient (Wildman–Crippen LogP) is 5.75. The van der Waals surface area contributed by atoms with Crippen LogP contribution in [0.3, 0.4) is 0 Å². The van der Waals surface area contributed by atoms with Gasteiger partial charge in [-0.05, 0) is 49.1 Å². The third-order valence-electron chi connectivity index (χ3n) is 5.95. The largest absolute Gasteiger partial charge is 0.352 e. The van der Waals surface area contributed by atoms with Crippen LogP contribution < -0.4 is 5.32 Å². The quantitative estimate of drug-likeness (QED) is 0.405. The molecule has 4 nitrogen and oxygen atoms in total. The van der Waals surface area contributed by atoms with Crippen molar-refractivity contribution < 1.29 is 9.59 Å². The lowest BCUT2D eigenvalue weighted by Gasteiger charge is -2.32. The molecule has 3 aromatic rings. The second-order valence-corrected chi connectivity index (χ2v) is 9.28. The van der Waals surface area contributed by atoms with Crippen molar-refractivity contribution in [2.75, 3.05) is 0 Å². The van der Waals surface area contributed by atoms with E-state index < -0.39 is 6.04 Å². The second kappa shape index (κ2) is 12.4. The fraction of sp³-hybridized carbons (Fsp3) is 0.310. The van der Waals surface area contributed by atoms with E-state index in [-0.39, 0.29) is 24.3 Å². The van der Waals surface area contributed by atoms with Gasteiger partial charge in [-0.25, -0.2) is 0 Å². The molecule has 2 atom stereocenters. The molecular formula is C29H33ClN2O2. The van der Waals surface area contributed by atoms with Gasteiger partial charge in [-0.1, -0.05) is 90.8 Å². The average Bonchev–Trinajstić information content (AvgIpc) is 2.81. The van der Waals surface area contributed by atoms with Gasteiger partial charge in [0.2, 0.25) is 11.8 Å². The molecule has 1 N–H and O–H groups in total. The van der Waals surface area contributed by atoms with Gasteiger partial charge in [0.1, 0.15) is 6.04 Å². The van der Waals surface area contributed by atoms with E-state index in [2.05, 4.69) is 5.32 Å². The molecule has 0 aliphatic rings. The number of nitrogens with one attached hydrogen (secondary N) is 1. The van der Waals surface area contributed by atoms with E-state index in [0.717, 1.165) is 28.7 Å². The molecule has 0 saturated heterocycles. The molecule has 2 amide bonds. The predicted molar refractivity (Wildman–Crippen MR) is 139 cm³/mol. The van der Waals surface area contributed by atoms with Crippen LogP contribution in [0.4, 0.5) is 0 Å². The molecular weight excluding hydrogens is 444 g/mol. The molecule has 0 saturated carbocycles. The Bertz CT molecular complexity index is 1100. The molecule has 5 heteroatoms. The normalized spacial score (nSPS) is 12.6. The lowest BCUT2D eigenvalue weighted by atomic mass is 10.0. The number of rotatable bonds is 10. The van der Waals surface area contributed by atoms with Crippen LogP contribution in [0.15, 0.2) is 78.9 Å². The second-order valence-electron chi connectivity index (χ2n) is 8.84. The van der Waals surface area contributed by atoms with E-state index in [1.54, 1.807) is 11.0 Å². The van der Waals surface area contributed by atoms with Crippen molar-refractivity contribution >= 4 is 23.4 Å². The van der Waals surface area contributed by atoms with Gasteiger partial charge in [0.15, 0.2) is 0 Å². The Morgan fingerprint density at radius 1 is 0.912 bits per heavy atom. The van der Waals surface area contributed by atoms with Gasteiger partial charge < -0.3 is 10.2 Å². The summed E-state index contributed by atoms with van der Waals surface area (Å²) in [5, 5.41) is 3.70. The van der Waals surface area contributed by atoms with Crippen LogP contribution in [0.5, 0.6) is 0 Å². The lowest BCUT2D eigenvalue weighted by Crippen LogP contribution is -2.52. The summed E-state index contributed by atoms with van der Waals surface area (Å²) >= 11 is 6.23. The summed E-state index contributed by atoms with van der Waals surface area (Å²) in [6.07, 6.45) is 1.47. The fourth-order valence-corrected chi connectivity index (χ4v) is 4.14. The molecule has 3 rings (SSSR count). The van der Waals surface area contributed by atoms with Crippen LogP contribution in [0, 0.1) is 6.92 Å². The molecule has 0 heterocycles. The number of hydrogen-bond acceptors (Lipinski definition) is 2. The van der Waals surface area contributed by atoms with Gasteiger partial charge in [0.05, 0.1) is 6.42 Å². The van der Waals surface area contributed by atoms with Gasteiger partial charge in [0, 0.05) is 24.0 Å². The molecule has 0 aliphatic carbocycles. The number of nitrogens with zero attached hydrogens (tertiary/aromatic N) is 1. The zero-order valence-corrected chi connectivity index (χ0v) is 20.9. The highest BCUT2D eigenvalue weighted by Gasteiger charge is 2.31. The third-order valence-corrected chi connectivity index (χ3v) is 6.19. The average molecular weight is 477 g/mol. The summed E-state index contributed by atoms with van der Waals surface area (Å²) in [5.41, 5.74) is 3.93. The number of amides is 2. The van der Waals surface area contributed by atoms with Gasteiger partial charge >= 0.3 is 0 Å². The molecule has 2 unspecified atom stereocenters. The van der Waals surface area contributed by atoms with Crippen molar-refractivity contribution in [3.63, 3.8) is 0 Å². The van der Waals surface area contributed by atoms with Crippen LogP contribution >= 0.6 is 11.6 Å². The Morgan fingerprint density at radius 3 is 2.26 bits per heavy atom. The van der Waals surface area contributed by atoms with Crippen LogP contribution in [0.2, 0.25) is 5.02 Å². The van der Waals surface area contributed by atoms with E-state index in [1.807, 2.05) is 93.6 Å². The zero-order chi connectivity index (χ0) is 24.5. The topological polar surface area (TPSA) is 49.4 Å². The molecule has 0 spiro atoms. The summed E-state index contributed by atoms with van der Waals surface area (Å²) in [5.74, 6) is -0.233. The number of carbonyl (C=O) groups is 2. The van der Waals surface area contributed by atoms with Gasteiger partial charge in [-0.15, -0.1) is 0 Å². The summed E-state index contributed by atoms with van der Waals surface area (Å²) in [6, 6.07) is 24.6. The first-order valence-electron chi connectivity index (χ1n) is 11.8. The lowest BCUT2D eigenvalue weighted by molar-refractivity contribution is -0.141. The Hall–Kier alpha value is -3.11. The van der Waals surface area contributed by atoms with Gasteiger partial charge in [-0.2, -0.15) is 0 Å². The highest BCUT2D eigenvalue weighted by atomic mass is 35.5. The third kappa shape index (κ3) is 7.46. The molecule has 0 bridgehead atoms. The van der Waals surface area contributed by atoms with E-state index in [1.165, 1.54) is 0 Å². The van der Waals surface area contributed by atoms with Crippen molar-refractivity contribution in [2.45, 2.75) is 58.7 Å². The fourth-order valence-electron chi connectivity index (χ4n) is 3.93. The maximum absolute atomic E-state index is 13.7. The van der Waals surface area contributed by atoms with Crippen molar-refractivity contribution in [1.82, 2.24) is 10.2 Å². The zero-order valence-electron chi connectivity index (χ0n) is 20.1. The SMILES string of the molecule is CCC(C)NC(=O)C(Cc1ccccc1)N(Cc1cccc(Cl)c1)C(=O)Cc1cccc(C)c1. The Morgan fingerprint density at radius 2 is 1.59 bits per heavy atom. The molecule has 178 valence electrons. The van der Waals surface area contributed by atoms with Crippen molar-refractivity contribution in [1.29, 1.82) is 0 Å². The Balaban J connectivity index is 1.97. The summed E-state index contributed by atoms with van der Waals surface area (Å²) < 4.78 is 0. The van der Waals surface area contributed by atoms with Crippen molar-refractivity contribution in [3.05, 3.63) is 106 Å². The minimum absolute atomic E-state index is 0.0191. The molecule has 34 heavy (non-hydrogen) atoms. The van der Waals surface area contributed by atoms with E-state index in [0.29, 0.717) is 18.0 Å². The molecule has 0 fully saturated rings. The van der Waals surface area contributed by atoms with E-state index >= 15 is 0 Å². The smallest absolute Gasteiger partial charge is 0.243 e. The Kier molecular flexibility index (Phi) is 9.29. The summed E-state index contributed by atoms with van der Waals surface area (Å²) in [6.45, 7) is 6.32. The van der Waals surface area contributed by atoms with Crippen molar-refractivity contribution in [3.8, 4) is 0 Å². The van der Waals surface area contributed by atoms with Crippen LogP contribution in [0.25, 0.3) is 0 Å². The summed E-state index contributed by atoms with van der Waals surface area (Å²) in [4.78, 5) is 28.9. The summed E-state index contributed by atoms with van der Waals surface area (Å²) in [7, 11) is 0. The van der Waals surface area contributed by atoms with E-state index in [4.69, 9.17) is 11.6 Å². The standard InChI is InChI=1S/C29H33ClN2O2/c1-4-22(3)31-29(34)27(18-23-11-6-5-7-12-23)32(20-25-14-9-15-26(30)17-25)28(33)19-24-13-8-10-21(2)16-24/h5-17,22,27H,4,18-20H2,1-3H3,(H,31,34). The number of hydrogen-bond donors (Lipinski definition) is 1. The number of carbonyl (C=O) groups excluding carboxylic acids is 2. The van der Waals surface area contributed by atoms with Gasteiger partial charge in [-0.3, -0.25) is 9.59 Å². The number of halogens is 1. The van der Waals surface area contributed by atoms with Crippen molar-refractivity contribution in [2.24, 2.45) is 0 Å². The van der Waals surface area contributed by atoms with Crippen LogP contribution in [-0.4, -0.2) is 28.8 Å². The van der Waals surface area contributed by atoms with Gasteiger partial charge in [0.25, 0.3) is 0 Å². The highest BCUT2D eigenvalue weighted by molar-refractivity contribution is 6.30. The molecule has 3 aromatic carbocycles. The monoisotopic (exact) mass is 476 g/mol. The Labute approximate surface area is 207 Å². The highest BCUT2D eigenvalue weighted by Crippen LogP contribution is 2.19. The maximum Gasteiger partial charge on any atom is 0.243 e. The first-order chi connectivity index (χ1) is 16.4. The first-order valence-corrected chi connectivity index (χ1v) is 12.2. The first kappa shape index (κ1) is 25.5. The molecule has 0 aliphatic heterocycles. The maximum atomic E-state index is 13.7. The number of aryl methyl sites for hydroxylation is 1. The minimum atomic E-state index is -0.646. The molecule has 0 radical (unpaired) electrons.